The van der Waals surface area contributed by atoms with Crippen molar-refractivity contribution in [1.82, 2.24) is 10.2 Å². The van der Waals surface area contributed by atoms with E-state index in [0.717, 1.165) is 4.90 Å². The molecular formula is C25H24N4O4+2. The molecular weight excluding hydrogens is 420 g/mol. The fourth-order valence-corrected chi connectivity index (χ4v) is 3.81. The Morgan fingerprint density at radius 3 is 1.64 bits per heavy atom. The van der Waals surface area contributed by atoms with Gasteiger partial charge in [0.2, 0.25) is 11.8 Å². The van der Waals surface area contributed by atoms with Crippen LogP contribution in [0.25, 0.3) is 11.1 Å². The van der Waals surface area contributed by atoms with Gasteiger partial charge in [-0.25, -0.2) is 9.13 Å². The average Bonchev–Trinajstić information content (AvgIpc) is 3.06. The van der Waals surface area contributed by atoms with Crippen molar-refractivity contribution in [1.29, 1.82) is 0 Å². The molecule has 2 aliphatic rings. The maximum atomic E-state index is 12.2. The topological polar surface area (TPSA) is 91.3 Å². The lowest BCUT2D eigenvalue weighted by atomic mass is 10.0. The standard InChI is InChI=1S/C13H10N2O4.C12H14N2/c16-10-6-5-9(11(17)14-10)15-12(18)7-3-1-2-4-8(7)13(15)19;1-13-7-3-11(4-8-13)12-5-9-14(2)10-6-12/h1-4,9H,5-6H2,(H,14,16,17);3-10H,1-2H3/q;+2. The molecule has 5 rings (SSSR count). The first-order valence-electron chi connectivity index (χ1n) is 10.6. The van der Waals surface area contributed by atoms with Crippen LogP contribution in [0.15, 0.2) is 73.3 Å². The minimum absolute atomic E-state index is 0.129. The molecule has 0 radical (unpaired) electrons. The van der Waals surface area contributed by atoms with E-state index in [1.165, 1.54) is 11.1 Å². The van der Waals surface area contributed by atoms with Crippen LogP contribution in [0, 0.1) is 0 Å². The molecule has 2 aliphatic heterocycles. The number of hydrogen-bond acceptors (Lipinski definition) is 4. The van der Waals surface area contributed by atoms with Gasteiger partial charge >= 0.3 is 0 Å². The summed E-state index contributed by atoms with van der Waals surface area (Å²) in [7, 11) is 4.05. The highest BCUT2D eigenvalue weighted by molar-refractivity contribution is 6.23. The Morgan fingerprint density at radius 1 is 0.758 bits per heavy atom. The summed E-state index contributed by atoms with van der Waals surface area (Å²) in [5.74, 6) is -1.92. The van der Waals surface area contributed by atoms with Gasteiger partial charge in [-0.2, -0.15) is 0 Å². The molecule has 1 aromatic carbocycles. The van der Waals surface area contributed by atoms with Crippen LogP contribution in [0.2, 0.25) is 0 Å². The zero-order chi connectivity index (χ0) is 23.5. The van der Waals surface area contributed by atoms with Crippen molar-refractivity contribution in [2.24, 2.45) is 14.1 Å². The summed E-state index contributed by atoms with van der Waals surface area (Å²) in [5.41, 5.74) is 3.11. The van der Waals surface area contributed by atoms with Gasteiger partial charge in [0.15, 0.2) is 24.8 Å². The third-order valence-corrected chi connectivity index (χ3v) is 5.64. The molecule has 3 aromatic rings. The summed E-state index contributed by atoms with van der Waals surface area (Å²) < 4.78 is 4.07. The molecule has 0 spiro atoms. The molecule has 2 aromatic heterocycles. The van der Waals surface area contributed by atoms with E-state index in [1.54, 1.807) is 24.3 Å². The molecule has 1 atom stereocenters. The van der Waals surface area contributed by atoms with Crippen molar-refractivity contribution in [3.8, 4) is 11.1 Å². The van der Waals surface area contributed by atoms with Crippen LogP contribution in [0.1, 0.15) is 33.6 Å². The van der Waals surface area contributed by atoms with E-state index in [2.05, 4.69) is 54.4 Å². The molecule has 1 N–H and O–H groups in total. The molecule has 33 heavy (non-hydrogen) atoms. The normalized spacial score (nSPS) is 17.3. The van der Waals surface area contributed by atoms with Gasteiger partial charge in [-0.15, -0.1) is 0 Å². The summed E-state index contributed by atoms with van der Waals surface area (Å²) in [4.78, 5) is 48.1. The van der Waals surface area contributed by atoms with E-state index >= 15 is 0 Å². The van der Waals surface area contributed by atoms with Crippen molar-refractivity contribution < 1.29 is 28.3 Å². The smallest absolute Gasteiger partial charge is 0.262 e. The van der Waals surface area contributed by atoms with Gasteiger partial charge in [0, 0.05) is 30.7 Å². The van der Waals surface area contributed by atoms with E-state index in [1.807, 2.05) is 23.2 Å². The first-order valence-corrected chi connectivity index (χ1v) is 10.6. The molecule has 1 unspecified atom stereocenters. The van der Waals surface area contributed by atoms with Gasteiger partial charge in [0.25, 0.3) is 11.8 Å². The molecule has 8 heteroatoms. The second-order valence-electron chi connectivity index (χ2n) is 8.00. The number of hydrogen-bond donors (Lipinski definition) is 1. The number of amides is 4. The van der Waals surface area contributed by atoms with Crippen LogP contribution < -0.4 is 14.5 Å². The fourth-order valence-electron chi connectivity index (χ4n) is 3.81. The van der Waals surface area contributed by atoms with Crippen LogP contribution in [0.3, 0.4) is 0 Å². The zero-order valence-electron chi connectivity index (χ0n) is 18.4. The summed E-state index contributed by atoms with van der Waals surface area (Å²) in [5, 5.41) is 2.15. The zero-order valence-corrected chi connectivity index (χ0v) is 18.4. The number of aromatic nitrogens is 2. The van der Waals surface area contributed by atoms with E-state index in [-0.39, 0.29) is 18.7 Å². The third-order valence-electron chi connectivity index (χ3n) is 5.64. The largest absolute Gasteiger partial charge is 0.295 e. The van der Waals surface area contributed by atoms with E-state index in [9.17, 15) is 19.2 Å². The van der Waals surface area contributed by atoms with E-state index in [0.29, 0.717) is 11.1 Å². The number of fused-ring (bicyclic) bond motifs is 1. The Balaban J connectivity index is 0.000000165. The Bertz CT molecular complexity index is 1160. The molecule has 8 nitrogen and oxygen atoms in total. The van der Waals surface area contributed by atoms with Crippen LogP contribution in [0.4, 0.5) is 0 Å². The number of imide groups is 2. The van der Waals surface area contributed by atoms with Crippen molar-refractivity contribution in [2.45, 2.75) is 18.9 Å². The molecule has 1 fully saturated rings. The number of benzene rings is 1. The van der Waals surface area contributed by atoms with Gasteiger partial charge in [0.05, 0.1) is 11.1 Å². The van der Waals surface area contributed by atoms with Crippen molar-refractivity contribution in [2.75, 3.05) is 0 Å². The molecule has 4 amide bonds. The lowest BCUT2D eigenvalue weighted by Crippen LogP contribution is -2.54. The third kappa shape index (κ3) is 4.55. The summed E-state index contributed by atoms with van der Waals surface area (Å²) >= 11 is 0. The van der Waals surface area contributed by atoms with Gasteiger partial charge in [-0.3, -0.25) is 29.4 Å². The SMILES string of the molecule is C[n+]1ccc(-c2cc[n+](C)cc2)cc1.O=C1CCC(N2C(=O)c3ccccc3C2=O)C(=O)N1. The maximum Gasteiger partial charge on any atom is 0.262 e. The number of pyridine rings is 2. The molecule has 0 bridgehead atoms. The number of aryl methyl sites for hydroxylation is 2. The van der Waals surface area contributed by atoms with Crippen LogP contribution in [0.5, 0.6) is 0 Å². The Morgan fingerprint density at radius 2 is 1.21 bits per heavy atom. The predicted molar refractivity (Wildman–Crippen MR) is 117 cm³/mol. The summed E-state index contributed by atoms with van der Waals surface area (Å²) in [6, 6.07) is 14.0. The minimum atomic E-state index is -0.898. The van der Waals surface area contributed by atoms with Gasteiger partial charge in [-0.1, -0.05) is 12.1 Å². The van der Waals surface area contributed by atoms with Crippen molar-refractivity contribution >= 4 is 23.6 Å². The van der Waals surface area contributed by atoms with Crippen molar-refractivity contribution in [3.63, 3.8) is 0 Å². The van der Waals surface area contributed by atoms with Gasteiger partial charge in [-0.05, 0) is 29.7 Å². The molecule has 0 aliphatic carbocycles. The fraction of sp³-hybridized carbons (Fsp3) is 0.200. The number of rotatable bonds is 2. The highest BCUT2D eigenvalue weighted by atomic mass is 16.2. The maximum absolute atomic E-state index is 12.2. The molecule has 1 saturated heterocycles. The number of piperidine rings is 1. The molecule has 166 valence electrons. The van der Waals surface area contributed by atoms with Crippen LogP contribution in [-0.2, 0) is 23.7 Å². The van der Waals surface area contributed by atoms with Crippen molar-refractivity contribution in [3.05, 3.63) is 84.4 Å². The number of carbonyl (C=O) groups excluding carboxylic acids is 4. The number of carbonyl (C=O) groups is 4. The lowest BCUT2D eigenvalue weighted by Gasteiger charge is -2.27. The highest BCUT2D eigenvalue weighted by Crippen LogP contribution is 2.27. The highest BCUT2D eigenvalue weighted by Gasteiger charge is 2.44. The first-order chi connectivity index (χ1) is 15.8. The minimum Gasteiger partial charge on any atom is -0.295 e. The van der Waals surface area contributed by atoms with Crippen LogP contribution in [-0.4, -0.2) is 34.6 Å². The number of nitrogens with one attached hydrogen (secondary N) is 1. The van der Waals surface area contributed by atoms with Gasteiger partial charge < -0.3 is 0 Å². The average molecular weight is 444 g/mol. The lowest BCUT2D eigenvalue weighted by molar-refractivity contribution is -0.671. The molecule has 4 heterocycles. The molecule has 0 saturated carbocycles. The van der Waals surface area contributed by atoms with Crippen LogP contribution >= 0.6 is 0 Å². The quantitative estimate of drug-likeness (QED) is 0.473. The first kappa shape index (κ1) is 22.0. The Hall–Kier alpha value is -4.20. The van der Waals surface area contributed by atoms with E-state index in [4.69, 9.17) is 0 Å². The second kappa shape index (κ2) is 9.12. The predicted octanol–water partition coefficient (Wildman–Crippen LogP) is 1.09. The monoisotopic (exact) mass is 444 g/mol. The Kier molecular flexibility index (Phi) is 6.08. The number of nitrogens with zero attached hydrogens (tertiary/aromatic N) is 3. The van der Waals surface area contributed by atoms with Gasteiger partial charge in [0.1, 0.15) is 20.1 Å². The Labute approximate surface area is 191 Å². The van der Waals surface area contributed by atoms with E-state index < -0.39 is 23.8 Å². The second-order valence-corrected chi connectivity index (χ2v) is 8.00. The summed E-state index contributed by atoms with van der Waals surface area (Å²) in [6.45, 7) is 0. The summed E-state index contributed by atoms with van der Waals surface area (Å²) in [6.07, 6.45) is 8.54.